The van der Waals surface area contributed by atoms with E-state index >= 15 is 0 Å². The van der Waals surface area contributed by atoms with E-state index < -0.39 is 23.3 Å². The molecule has 6 nitrogen and oxygen atoms in total. The predicted molar refractivity (Wildman–Crippen MR) is 111 cm³/mol. The number of hydrogen-bond acceptors (Lipinski definition) is 5. The van der Waals surface area contributed by atoms with Gasteiger partial charge in [-0.15, -0.1) is 0 Å². The van der Waals surface area contributed by atoms with Gasteiger partial charge < -0.3 is 19.7 Å². The molecule has 1 N–H and O–H groups in total. The Morgan fingerprint density at radius 3 is 2.29 bits per heavy atom. The summed E-state index contributed by atoms with van der Waals surface area (Å²) in [6.45, 7) is 10.3. The molecule has 1 aliphatic heterocycles. The molecule has 1 saturated heterocycles. The van der Waals surface area contributed by atoms with Crippen LogP contribution >= 0.6 is 0 Å². The van der Waals surface area contributed by atoms with Gasteiger partial charge in [0.2, 0.25) is 0 Å². The van der Waals surface area contributed by atoms with Crippen LogP contribution in [0.15, 0.2) is 18.2 Å². The zero-order valence-corrected chi connectivity index (χ0v) is 18.7. The first-order valence-corrected chi connectivity index (χ1v) is 10.3. The molecule has 1 fully saturated rings. The van der Waals surface area contributed by atoms with E-state index in [9.17, 15) is 22.8 Å². The fourth-order valence-corrected chi connectivity index (χ4v) is 3.32. The number of piperidine rings is 1. The number of ether oxygens (including phenoxy) is 2. The van der Waals surface area contributed by atoms with Crippen LogP contribution in [0.3, 0.4) is 0 Å². The second-order valence-electron chi connectivity index (χ2n) is 9.11. The molecule has 1 heterocycles. The highest BCUT2D eigenvalue weighted by Crippen LogP contribution is 2.37. The molecule has 31 heavy (non-hydrogen) atoms. The van der Waals surface area contributed by atoms with Gasteiger partial charge in [0.15, 0.2) is 0 Å². The smallest absolute Gasteiger partial charge is 0.418 e. The summed E-state index contributed by atoms with van der Waals surface area (Å²) < 4.78 is 50.6. The molecule has 0 spiro atoms. The topological polar surface area (TPSA) is 67.9 Å². The number of nitrogens with one attached hydrogen (secondary N) is 1. The second kappa shape index (κ2) is 9.36. The van der Waals surface area contributed by atoms with Gasteiger partial charge in [0.05, 0.1) is 17.7 Å². The molecule has 0 aromatic heterocycles. The quantitative estimate of drug-likeness (QED) is 0.622. The van der Waals surface area contributed by atoms with Gasteiger partial charge >= 0.3 is 18.2 Å². The van der Waals surface area contributed by atoms with Gasteiger partial charge in [0.1, 0.15) is 5.60 Å². The van der Waals surface area contributed by atoms with Crippen molar-refractivity contribution in [2.45, 2.75) is 59.2 Å². The maximum Gasteiger partial charge on any atom is 0.418 e. The van der Waals surface area contributed by atoms with Gasteiger partial charge in [0.25, 0.3) is 0 Å². The van der Waals surface area contributed by atoms with E-state index in [1.54, 1.807) is 32.6 Å². The maximum atomic E-state index is 13.5. The lowest BCUT2D eigenvalue weighted by molar-refractivity contribution is -0.137. The Morgan fingerprint density at radius 2 is 1.77 bits per heavy atom. The fraction of sp³-hybridized carbons (Fsp3) is 0.636. The fourth-order valence-electron chi connectivity index (χ4n) is 3.32. The summed E-state index contributed by atoms with van der Waals surface area (Å²) in [4.78, 5) is 25.8. The molecule has 2 rings (SSSR count). The van der Waals surface area contributed by atoms with Crippen LogP contribution in [0.1, 0.15) is 63.4 Å². The van der Waals surface area contributed by atoms with E-state index in [1.807, 2.05) is 6.92 Å². The third-order valence-electron chi connectivity index (χ3n) is 5.16. The number of carbonyl (C=O) groups is 2. The van der Waals surface area contributed by atoms with Crippen LogP contribution in [0.4, 0.5) is 23.7 Å². The van der Waals surface area contributed by atoms with Crippen LogP contribution in [0.2, 0.25) is 0 Å². The molecule has 1 amide bonds. The molecule has 0 bridgehead atoms. The monoisotopic (exact) mass is 444 g/mol. The summed E-state index contributed by atoms with van der Waals surface area (Å²) in [6.07, 6.45) is -3.73. The number of rotatable bonds is 5. The van der Waals surface area contributed by atoms with Crippen molar-refractivity contribution in [3.8, 4) is 0 Å². The van der Waals surface area contributed by atoms with Gasteiger partial charge in [-0.05, 0) is 64.2 Å². The van der Waals surface area contributed by atoms with E-state index in [0.29, 0.717) is 25.9 Å². The first-order valence-electron chi connectivity index (χ1n) is 10.3. The highest BCUT2D eigenvalue weighted by molar-refractivity contribution is 5.91. The van der Waals surface area contributed by atoms with Gasteiger partial charge in [-0.1, -0.05) is 6.92 Å². The number of esters is 1. The minimum absolute atomic E-state index is 0.0576. The normalized spacial score (nSPS) is 16.6. The zero-order valence-electron chi connectivity index (χ0n) is 18.7. The van der Waals surface area contributed by atoms with Gasteiger partial charge in [-0.3, -0.25) is 0 Å². The summed E-state index contributed by atoms with van der Waals surface area (Å²) in [5.74, 6) is -0.670. The Morgan fingerprint density at radius 1 is 1.16 bits per heavy atom. The minimum atomic E-state index is -4.56. The van der Waals surface area contributed by atoms with Crippen molar-refractivity contribution >= 4 is 17.7 Å². The lowest BCUT2D eigenvalue weighted by Gasteiger charge is -2.40. The summed E-state index contributed by atoms with van der Waals surface area (Å²) in [5, 5.41) is 2.89. The van der Waals surface area contributed by atoms with E-state index in [-0.39, 0.29) is 35.9 Å². The summed E-state index contributed by atoms with van der Waals surface area (Å²) in [7, 11) is 0. The average molecular weight is 444 g/mol. The van der Waals surface area contributed by atoms with Crippen LogP contribution in [0.25, 0.3) is 0 Å². The Hall–Kier alpha value is -2.45. The molecule has 1 aromatic carbocycles. The van der Waals surface area contributed by atoms with Crippen LogP contribution in [-0.4, -0.2) is 48.8 Å². The molecule has 1 aliphatic rings. The standard InChI is InChI=1S/C22H31F3N2O4/c1-6-30-18(28)15-7-8-16(22(23,24)25)17(13-15)26-14-21(5)9-11-27(12-10-21)19(29)31-20(2,3)4/h7-8,13,26H,6,9-12,14H2,1-5H3. The largest absolute Gasteiger partial charge is 0.462 e. The second-order valence-corrected chi connectivity index (χ2v) is 9.11. The van der Waals surface area contributed by atoms with Crippen molar-refractivity contribution < 1.29 is 32.2 Å². The zero-order chi connectivity index (χ0) is 23.4. The number of alkyl halides is 3. The number of amides is 1. The Kier molecular flexibility index (Phi) is 7.49. The summed E-state index contributed by atoms with van der Waals surface area (Å²) in [5.41, 5.74) is -1.84. The molecule has 0 radical (unpaired) electrons. The van der Waals surface area contributed by atoms with Crippen molar-refractivity contribution in [1.82, 2.24) is 4.90 Å². The highest BCUT2D eigenvalue weighted by Gasteiger charge is 2.36. The molecular weight excluding hydrogens is 413 g/mol. The summed E-state index contributed by atoms with van der Waals surface area (Å²) >= 11 is 0. The molecule has 0 atom stereocenters. The van der Waals surface area contributed by atoms with Gasteiger partial charge in [0, 0.05) is 25.3 Å². The Bertz CT molecular complexity index is 795. The van der Waals surface area contributed by atoms with Crippen LogP contribution in [-0.2, 0) is 15.7 Å². The third kappa shape index (κ3) is 7.04. The molecular formula is C22H31F3N2O4. The molecule has 0 aliphatic carbocycles. The minimum Gasteiger partial charge on any atom is -0.462 e. The number of halogens is 3. The number of nitrogens with zero attached hydrogens (tertiary/aromatic N) is 1. The van der Waals surface area contributed by atoms with Crippen molar-refractivity contribution in [3.63, 3.8) is 0 Å². The highest BCUT2D eigenvalue weighted by atomic mass is 19.4. The van der Waals surface area contributed by atoms with E-state index in [1.165, 1.54) is 6.07 Å². The number of carbonyl (C=O) groups excluding carboxylic acids is 2. The third-order valence-corrected chi connectivity index (χ3v) is 5.16. The lowest BCUT2D eigenvalue weighted by Crippen LogP contribution is -2.46. The molecule has 9 heteroatoms. The lowest BCUT2D eigenvalue weighted by atomic mass is 9.80. The number of likely N-dealkylation sites (tertiary alicyclic amines) is 1. The first kappa shape index (κ1) is 24.8. The maximum absolute atomic E-state index is 13.5. The first-order chi connectivity index (χ1) is 14.2. The summed E-state index contributed by atoms with van der Waals surface area (Å²) in [6, 6.07) is 3.19. The van der Waals surface area contributed by atoms with E-state index in [4.69, 9.17) is 9.47 Å². The van der Waals surface area contributed by atoms with Crippen molar-refractivity contribution in [2.75, 3.05) is 31.6 Å². The molecule has 1 aromatic rings. The molecule has 0 unspecified atom stereocenters. The predicted octanol–water partition coefficient (Wildman–Crippen LogP) is 5.33. The Labute approximate surface area is 181 Å². The van der Waals surface area contributed by atoms with Crippen LogP contribution in [0, 0.1) is 5.41 Å². The number of benzene rings is 1. The van der Waals surface area contributed by atoms with Crippen molar-refractivity contribution in [2.24, 2.45) is 5.41 Å². The van der Waals surface area contributed by atoms with Gasteiger partial charge in [-0.25, -0.2) is 9.59 Å². The average Bonchev–Trinajstić information content (AvgIpc) is 2.65. The van der Waals surface area contributed by atoms with E-state index in [2.05, 4.69) is 5.32 Å². The number of anilines is 1. The SMILES string of the molecule is CCOC(=O)c1ccc(C(F)(F)F)c(NCC2(C)CCN(C(=O)OC(C)(C)C)CC2)c1. The van der Waals surface area contributed by atoms with Crippen LogP contribution < -0.4 is 5.32 Å². The van der Waals surface area contributed by atoms with Crippen LogP contribution in [0.5, 0.6) is 0 Å². The van der Waals surface area contributed by atoms with Crippen molar-refractivity contribution in [3.05, 3.63) is 29.3 Å². The molecule has 0 saturated carbocycles. The van der Waals surface area contributed by atoms with Crippen molar-refractivity contribution in [1.29, 1.82) is 0 Å². The number of hydrogen-bond donors (Lipinski definition) is 1. The van der Waals surface area contributed by atoms with Gasteiger partial charge in [-0.2, -0.15) is 13.2 Å². The Balaban J connectivity index is 2.08. The molecule has 174 valence electrons. The van der Waals surface area contributed by atoms with E-state index in [0.717, 1.165) is 12.1 Å².